The molecule has 0 spiro atoms. The van der Waals surface area contributed by atoms with Crippen LogP contribution in [0.3, 0.4) is 0 Å². The topological polar surface area (TPSA) is 71.5 Å². The van der Waals surface area contributed by atoms with Crippen molar-refractivity contribution in [2.75, 3.05) is 6.54 Å². The molecule has 0 saturated heterocycles. The molecule has 0 radical (unpaired) electrons. The first-order valence-corrected chi connectivity index (χ1v) is 6.27. The smallest absolute Gasteiger partial charge is 0.301 e. The molecule has 0 aliphatic carbocycles. The number of nitrogens with zero attached hydrogens (tertiary/aromatic N) is 1. The van der Waals surface area contributed by atoms with Crippen molar-refractivity contribution in [2.24, 2.45) is 11.8 Å². The Morgan fingerprint density at radius 3 is 2.61 bits per heavy atom. The van der Waals surface area contributed by atoms with Gasteiger partial charge in [0.05, 0.1) is 6.26 Å². The van der Waals surface area contributed by atoms with E-state index in [-0.39, 0.29) is 5.91 Å². The van der Waals surface area contributed by atoms with E-state index in [0.29, 0.717) is 24.3 Å². The number of hydrazine groups is 1. The van der Waals surface area contributed by atoms with E-state index in [1.807, 2.05) is 6.07 Å². The van der Waals surface area contributed by atoms with Crippen molar-refractivity contribution in [1.29, 1.82) is 0 Å². The summed E-state index contributed by atoms with van der Waals surface area (Å²) in [6.07, 6.45) is 1.52. The number of nitrogens with one attached hydrogen (secondary N) is 1. The van der Waals surface area contributed by atoms with Crippen molar-refractivity contribution in [2.45, 2.75) is 40.3 Å². The second-order valence-electron chi connectivity index (χ2n) is 5.17. The van der Waals surface area contributed by atoms with Crippen LogP contribution in [-0.4, -0.2) is 23.4 Å². The third-order valence-corrected chi connectivity index (χ3v) is 2.79. The number of carbonyl (C=O) groups is 1. The Morgan fingerprint density at radius 2 is 2.11 bits per heavy atom. The van der Waals surface area contributed by atoms with Crippen LogP contribution in [0.4, 0.5) is 0 Å². The molecule has 1 heterocycles. The van der Waals surface area contributed by atoms with Gasteiger partial charge in [0.15, 0.2) is 5.76 Å². The van der Waals surface area contributed by atoms with Gasteiger partial charge in [-0.25, -0.2) is 5.84 Å². The van der Waals surface area contributed by atoms with Gasteiger partial charge in [-0.3, -0.25) is 15.1 Å². The molecule has 0 aromatic carbocycles. The number of rotatable bonds is 6. The van der Waals surface area contributed by atoms with Crippen LogP contribution in [0.5, 0.6) is 0 Å². The average molecular weight is 253 g/mol. The quantitative estimate of drug-likeness (QED) is 0.460. The molecule has 0 aliphatic heterocycles. The summed E-state index contributed by atoms with van der Waals surface area (Å²) < 4.78 is 5.18. The van der Waals surface area contributed by atoms with Crippen LogP contribution in [-0.2, 0) is 6.54 Å². The van der Waals surface area contributed by atoms with Gasteiger partial charge in [-0.1, -0.05) is 13.8 Å². The molecule has 0 atom stereocenters. The van der Waals surface area contributed by atoms with Crippen LogP contribution < -0.4 is 11.3 Å². The zero-order valence-electron chi connectivity index (χ0n) is 11.6. The maximum Gasteiger partial charge on any atom is 0.301 e. The summed E-state index contributed by atoms with van der Waals surface area (Å²) in [7, 11) is 0. The Hall–Kier alpha value is -1.33. The van der Waals surface area contributed by atoms with Crippen molar-refractivity contribution in [1.82, 2.24) is 10.3 Å². The van der Waals surface area contributed by atoms with Gasteiger partial charge in [0, 0.05) is 24.7 Å². The third-order valence-electron chi connectivity index (χ3n) is 2.79. The molecule has 0 unspecified atom stereocenters. The second kappa shape index (κ2) is 6.56. The van der Waals surface area contributed by atoms with Gasteiger partial charge in [-0.2, -0.15) is 0 Å². The van der Waals surface area contributed by atoms with Crippen LogP contribution >= 0.6 is 0 Å². The standard InChI is InChI=1S/C13H23N3O2/c1-9(2)7-16(10(3)4)8-11-5-6-18-12(11)13(17)15-14/h5-6,9-10H,7-8,14H2,1-4H3,(H,15,17). The average Bonchev–Trinajstić information content (AvgIpc) is 2.74. The third kappa shape index (κ3) is 3.85. The molecule has 0 bridgehead atoms. The number of hydrogen-bond acceptors (Lipinski definition) is 4. The van der Waals surface area contributed by atoms with Crippen molar-refractivity contribution in [3.05, 3.63) is 23.7 Å². The van der Waals surface area contributed by atoms with Gasteiger partial charge in [-0.15, -0.1) is 0 Å². The number of nitrogens with two attached hydrogens (primary N) is 1. The van der Waals surface area contributed by atoms with E-state index < -0.39 is 0 Å². The Kier molecular flexibility index (Phi) is 5.37. The maximum absolute atomic E-state index is 11.5. The van der Waals surface area contributed by atoms with E-state index in [1.54, 1.807) is 0 Å². The molecule has 18 heavy (non-hydrogen) atoms. The van der Waals surface area contributed by atoms with Gasteiger partial charge < -0.3 is 4.42 Å². The fourth-order valence-corrected chi connectivity index (χ4v) is 1.87. The zero-order valence-corrected chi connectivity index (χ0v) is 11.6. The normalized spacial score (nSPS) is 11.6. The summed E-state index contributed by atoms with van der Waals surface area (Å²) >= 11 is 0. The maximum atomic E-state index is 11.5. The minimum atomic E-state index is -0.386. The highest BCUT2D eigenvalue weighted by Crippen LogP contribution is 2.16. The summed E-state index contributed by atoms with van der Waals surface area (Å²) in [6.45, 7) is 10.3. The number of hydrogen-bond donors (Lipinski definition) is 2. The van der Waals surface area contributed by atoms with E-state index in [4.69, 9.17) is 10.3 Å². The van der Waals surface area contributed by atoms with Crippen LogP contribution in [0.15, 0.2) is 16.7 Å². The van der Waals surface area contributed by atoms with Gasteiger partial charge in [0.2, 0.25) is 0 Å². The summed E-state index contributed by atoms with van der Waals surface area (Å²) in [5.41, 5.74) is 2.97. The first-order chi connectivity index (χ1) is 8.45. The lowest BCUT2D eigenvalue weighted by molar-refractivity contribution is 0.0921. The van der Waals surface area contributed by atoms with Crippen LogP contribution in [0.25, 0.3) is 0 Å². The highest BCUT2D eigenvalue weighted by Gasteiger charge is 2.19. The monoisotopic (exact) mass is 253 g/mol. The lowest BCUT2D eigenvalue weighted by Crippen LogP contribution is -2.35. The first-order valence-electron chi connectivity index (χ1n) is 6.27. The van der Waals surface area contributed by atoms with Gasteiger partial charge in [0.25, 0.3) is 0 Å². The molecule has 5 heteroatoms. The van der Waals surface area contributed by atoms with Crippen molar-refractivity contribution in [3.8, 4) is 0 Å². The van der Waals surface area contributed by atoms with Crippen LogP contribution in [0.1, 0.15) is 43.8 Å². The molecule has 3 N–H and O–H groups in total. The molecule has 1 aromatic rings. The molecular formula is C13H23N3O2. The molecular weight excluding hydrogens is 230 g/mol. The van der Waals surface area contributed by atoms with Crippen molar-refractivity contribution < 1.29 is 9.21 Å². The minimum Gasteiger partial charge on any atom is -0.459 e. The number of furan rings is 1. The van der Waals surface area contributed by atoms with E-state index in [0.717, 1.165) is 12.1 Å². The van der Waals surface area contributed by atoms with Gasteiger partial charge >= 0.3 is 5.91 Å². The molecule has 0 aliphatic rings. The Bertz CT molecular complexity index is 385. The van der Waals surface area contributed by atoms with Gasteiger partial charge in [-0.05, 0) is 25.8 Å². The van der Waals surface area contributed by atoms with Gasteiger partial charge in [0.1, 0.15) is 0 Å². The molecule has 1 aromatic heterocycles. The van der Waals surface area contributed by atoms with Crippen molar-refractivity contribution in [3.63, 3.8) is 0 Å². The Balaban J connectivity index is 2.81. The van der Waals surface area contributed by atoms with Crippen molar-refractivity contribution >= 4 is 5.91 Å². The second-order valence-corrected chi connectivity index (χ2v) is 5.17. The largest absolute Gasteiger partial charge is 0.459 e. The summed E-state index contributed by atoms with van der Waals surface area (Å²) in [5.74, 6) is 5.62. The summed E-state index contributed by atoms with van der Waals surface area (Å²) in [6, 6.07) is 2.23. The highest BCUT2D eigenvalue weighted by molar-refractivity contribution is 5.92. The van der Waals surface area contributed by atoms with E-state index >= 15 is 0 Å². The highest BCUT2D eigenvalue weighted by atomic mass is 16.3. The molecule has 1 amide bonds. The predicted molar refractivity (Wildman–Crippen MR) is 70.7 cm³/mol. The summed E-state index contributed by atoms with van der Waals surface area (Å²) in [5, 5.41) is 0. The zero-order chi connectivity index (χ0) is 13.7. The minimum absolute atomic E-state index is 0.298. The fourth-order valence-electron chi connectivity index (χ4n) is 1.87. The predicted octanol–water partition coefficient (Wildman–Crippen LogP) is 1.75. The molecule has 102 valence electrons. The van der Waals surface area contributed by atoms with Crippen LogP contribution in [0.2, 0.25) is 0 Å². The van der Waals surface area contributed by atoms with E-state index in [1.165, 1.54) is 6.26 Å². The Labute approximate surface area is 108 Å². The van der Waals surface area contributed by atoms with Crippen LogP contribution in [0, 0.1) is 5.92 Å². The molecule has 1 rings (SSSR count). The first kappa shape index (κ1) is 14.7. The van der Waals surface area contributed by atoms with E-state index in [9.17, 15) is 4.79 Å². The Morgan fingerprint density at radius 1 is 1.44 bits per heavy atom. The molecule has 5 nitrogen and oxygen atoms in total. The molecule has 0 fully saturated rings. The number of amides is 1. The molecule has 0 saturated carbocycles. The lowest BCUT2D eigenvalue weighted by Gasteiger charge is -2.28. The fraction of sp³-hybridized carbons (Fsp3) is 0.615. The number of carbonyl (C=O) groups excluding carboxylic acids is 1. The number of nitrogen functional groups attached to an aromatic ring is 1. The lowest BCUT2D eigenvalue weighted by atomic mass is 10.1. The SMILES string of the molecule is CC(C)CN(Cc1ccoc1C(=O)NN)C(C)C. The summed E-state index contributed by atoms with van der Waals surface area (Å²) in [4.78, 5) is 13.8. The van der Waals surface area contributed by atoms with E-state index in [2.05, 4.69) is 38.0 Å².